The average molecular weight is 1550 g/mol. The molecule has 0 spiro atoms. The molecule has 2 fully saturated rings. The van der Waals surface area contributed by atoms with E-state index in [1.807, 2.05) is 113 Å². The summed E-state index contributed by atoms with van der Waals surface area (Å²) in [6.07, 6.45) is 30.3. The van der Waals surface area contributed by atoms with E-state index in [9.17, 15) is 14.4 Å². The molecule has 3 amide bonds. The van der Waals surface area contributed by atoms with Crippen LogP contribution in [-0.4, -0.2) is 170 Å². The van der Waals surface area contributed by atoms with Crippen molar-refractivity contribution in [1.29, 1.82) is 0 Å². The maximum absolute atomic E-state index is 12.9. The van der Waals surface area contributed by atoms with E-state index in [0.29, 0.717) is 40.1 Å². The summed E-state index contributed by atoms with van der Waals surface area (Å²) in [5, 5.41) is 27.5. The average Bonchev–Trinajstić information content (AvgIpc) is 1.70. The number of pyridine rings is 6. The van der Waals surface area contributed by atoms with Crippen LogP contribution in [0.25, 0.3) is 71.3 Å². The number of rotatable bonds is 12. The van der Waals surface area contributed by atoms with Gasteiger partial charge in [0.15, 0.2) is 0 Å². The highest BCUT2D eigenvalue weighted by Gasteiger charge is 2.52. The smallest absolute Gasteiger partial charge is 0.400 e. The van der Waals surface area contributed by atoms with E-state index >= 15 is 0 Å². The Balaban J connectivity index is 0.000000137. The van der Waals surface area contributed by atoms with Gasteiger partial charge in [-0.05, 0) is 227 Å². The number of aryl methyl sites for hydroxylation is 3. The van der Waals surface area contributed by atoms with Gasteiger partial charge in [-0.1, -0.05) is 56.0 Å². The van der Waals surface area contributed by atoms with E-state index < -0.39 is 0 Å². The number of likely N-dealkylation sites (N-methyl/N-ethyl adjacent to an activating group) is 2. The molecule has 12 aromatic rings. The van der Waals surface area contributed by atoms with Gasteiger partial charge in [0.25, 0.3) is 17.7 Å². The number of piperidine rings is 1. The fourth-order valence-corrected chi connectivity index (χ4v) is 13.3. The molecule has 4 aliphatic rings. The quantitative estimate of drug-likeness (QED) is 0.0584. The van der Waals surface area contributed by atoms with Gasteiger partial charge in [0.2, 0.25) is 0 Å². The van der Waals surface area contributed by atoms with Crippen molar-refractivity contribution in [2.45, 2.75) is 77.9 Å². The second-order valence-corrected chi connectivity index (χ2v) is 29.5. The third-order valence-electron chi connectivity index (χ3n) is 19.9. The van der Waals surface area contributed by atoms with Crippen molar-refractivity contribution >= 4 is 103 Å². The Morgan fingerprint density at radius 3 is 1.28 bits per heavy atom. The molecule has 0 radical (unpaired) electrons. The number of carbonyl (C=O) groups excluding carboxylic acids is 3. The first-order chi connectivity index (χ1) is 51.0. The van der Waals surface area contributed by atoms with Crippen LogP contribution in [0.2, 0.25) is 0 Å². The first-order valence-corrected chi connectivity index (χ1v) is 36.5. The van der Waals surface area contributed by atoms with Crippen LogP contribution < -0.4 is 16.0 Å². The largest absolute Gasteiger partial charge is 0.490 e. The van der Waals surface area contributed by atoms with Crippen LogP contribution in [0.4, 0.5) is 17.5 Å². The van der Waals surface area contributed by atoms with Crippen LogP contribution in [0, 0.1) is 3.70 Å². The third kappa shape index (κ3) is 19.0. The standard InChI is InChI=1S/C25H26N6O.C25H24N6O.C19H14IN5O.C12H22BNO2.CH4/c2*1-30-9-6-17(7-10-30)23-12-19(5-8-26-23)25(32)29-24-13-21-11-18(3-4-20(21)14-27-24)22-15-28-31(2)16-22;1-25-11-16(10-23-25)12-2-3-14-9-22-18(8-15(14)6-12)24-19(26)13-4-5-21-17(20)7-13;1-11(2)12(3,4)16-13(15-11)10-6-8-14(5)9-7-10;/h3-5,8,11-17H,6-7,9-10H2,1-2H3,(H,27,29,32);3-6,8,11-16H,7,9-10H2,1-2H3,(H,27,29,32);2-11H,1H3,(H,22,24,26);6H,7-9H2,1-5H3;1H4. The molecule has 0 atom stereocenters. The molecule has 13 heterocycles. The number of hydrogen-bond acceptors (Lipinski definition) is 17. The Kier molecular flexibility index (Phi) is 23.8. The Labute approximate surface area is 638 Å². The molecule has 3 aromatic carbocycles. The van der Waals surface area contributed by atoms with Crippen molar-refractivity contribution < 1.29 is 23.7 Å². The number of hydrogen-bond donors (Lipinski definition) is 3. The number of likely N-dealkylation sites (tertiary alicyclic amines) is 1. The third-order valence-corrected chi connectivity index (χ3v) is 20.5. The molecule has 25 heteroatoms. The van der Waals surface area contributed by atoms with Gasteiger partial charge in [-0.2, -0.15) is 15.3 Å². The molecular weight excluding hydrogens is 1450 g/mol. The van der Waals surface area contributed by atoms with E-state index in [1.165, 1.54) is 11.0 Å². The van der Waals surface area contributed by atoms with Gasteiger partial charge in [0.05, 0.1) is 35.5 Å². The second-order valence-electron chi connectivity index (χ2n) is 28.4. The normalized spacial score (nSPS) is 15.9. The first kappa shape index (κ1) is 76.1. The Bertz CT molecular complexity index is 5260. The van der Waals surface area contributed by atoms with Gasteiger partial charge in [-0.25, -0.2) is 15.0 Å². The molecule has 548 valence electrons. The topological polar surface area (TPSA) is 246 Å². The van der Waals surface area contributed by atoms with Crippen molar-refractivity contribution in [3.63, 3.8) is 0 Å². The molecule has 3 N–H and O–H groups in total. The molecule has 9 aromatic heterocycles. The van der Waals surface area contributed by atoms with E-state index in [2.05, 4.69) is 190 Å². The predicted octanol–water partition coefficient (Wildman–Crippen LogP) is 14.5. The fourth-order valence-electron chi connectivity index (χ4n) is 12.8. The SMILES string of the molecule is C.CN1CC=C(B2OC(C)(C)C(C)(C)O2)CC1.CN1CC=C(c2cc(C(=O)Nc3cc4cc(-c5cnn(C)c5)ccc4cn3)ccn2)CC1.CN1CCC(c2cc(C(=O)Nc3cc4cc(-c5cnn(C)c5)ccc4cn3)ccn2)CC1.Cn1cc(-c2ccc3cnc(NC(=O)c4ccnc(I)c4)cc3c2)cn1. The summed E-state index contributed by atoms with van der Waals surface area (Å²) < 4.78 is 18.2. The molecule has 16 rings (SSSR count). The van der Waals surface area contributed by atoms with E-state index in [-0.39, 0.29) is 43.5 Å². The number of halogens is 1. The monoisotopic (exact) mass is 1540 g/mol. The van der Waals surface area contributed by atoms with E-state index in [4.69, 9.17) is 9.31 Å². The summed E-state index contributed by atoms with van der Waals surface area (Å²) in [4.78, 5) is 71.4. The number of nitrogens with one attached hydrogen (secondary N) is 3. The lowest BCUT2D eigenvalue weighted by atomic mass is 9.75. The summed E-state index contributed by atoms with van der Waals surface area (Å²) in [6, 6.07) is 34.8. The van der Waals surface area contributed by atoms with Crippen molar-refractivity contribution in [3.8, 4) is 33.4 Å². The zero-order valence-electron chi connectivity index (χ0n) is 61.3. The molecule has 107 heavy (non-hydrogen) atoms. The second kappa shape index (κ2) is 33.5. The Morgan fingerprint density at radius 1 is 0.449 bits per heavy atom. The Morgan fingerprint density at radius 2 is 0.869 bits per heavy atom. The maximum atomic E-state index is 12.9. The van der Waals surface area contributed by atoms with Gasteiger partial charge < -0.3 is 40.0 Å². The number of anilines is 3. The number of aromatic nitrogens is 12. The van der Waals surface area contributed by atoms with Gasteiger partial charge in [-0.3, -0.25) is 43.4 Å². The number of nitrogens with zero attached hydrogens (tertiary/aromatic N) is 15. The molecule has 0 saturated carbocycles. The molecule has 4 aliphatic heterocycles. The maximum Gasteiger partial charge on any atom is 0.490 e. The van der Waals surface area contributed by atoms with Crippen LogP contribution in [0.3, 0.4) is 0 Å². The van der Waals surface area contributed by atoms with Crippen molar-refractivity contribution in [1.82, 2.24) is 73.9 Å². The van der Waals surface area contributed by atoms with E-state index in [0.717, 1.165) is 146 Å². The first-order valence-electron chi connectivity index (χ1n) is 35.4. The molecule has 0 unspecified atom stereocenters. The van der Waals surface area contributed by atoms with Gasteiger partial charge >= 0.3 is 7.12 Å². The lowest BCUT2D eigenvalue weighted by molar-refractivity contribution is 0.00578. The zero-order valence-corrected chi connectivity index (χ0v) is 63.5. The summed E-state index contributed by atoms with van der Waals surface area (Å²) in [6.45, 7) is 14.5. The van der Waals surface area contributed by atoms with Crippen LogP contribution >= 0.6 is 22.6 Å². The number of amides is 3. The van der Waals surface area contributed by atoms with Crippen LogP contribution in [-0.2, 0) is 30.5 Å². The summed E-state index contributed by atoms with van der Waals surface area (Å²) >= 11 is 2.08. The molecule has 0 bridgehead atoms. The minimum Gasteiger partial charge on any atom is -0.400 e. The number of carbonyl (C=O) groups is 3. The molecule has 2 saturated heterocycles. The molecule has 0 aliphatic carbocycles. The van der Waals surface area contributed by atoms with Crippen LogP contribution in [0.1, 0.15) is 109 Å². The number of benzene rings is 3. The minimum absolute atomic E-state index is 0. The van der Waals surface area contributed by atoms with Gasteiger partial charge in [0, 0.05) is 164 Å². The number of fused-ring (bicyclic) bond motifs is 3. The van der Waals surface area contributed by atoms with Crippen LogP contribution in [0.5, 0.6) is 0 Å². The Hall–Kier alpha value is -10.5. The lowest BCUT2D eigenvalue weighted by Crippen LogP contribution is -2.41. The highest BCUT2D eigenvalue weighted by molar-refractivity contribution is 14.1. The molecular formula is C82H90BIN18O5. The fraction of sp³-hybridized carbons (Fsp3) is 0.293. The van der Waals surface area contributed by atoms with Crippen LogP contribution in [0.15, 0.2) is 201 Å². The summed E-state index contributed by atoms with van der Waals surface area (Å²) in [5.41, 5.74) is 12.0. The van der Waals surface area contributed by atoms with Crippen molar-refractivity contribution in [3.05, 3.63) is 233 Å². The lowest BCUT2D eigenvalue weighted by Gasteiger charge is -2.32. The molecule has 23 nitrogen and oxygen atoms in total. The van der Waals surface area contributed by atoms with Gasteiger partial charge in [0.1, 0.15) is 21.2 Å². The zero-order chi connectivity index (χ0) is 74.2. The highest BCUT2D eigenvalue weighted by atomic mass is 127. The van der Waals surface area contributed by atoms with Gasteiger partial charge in [-0.15, -0.1) is 0 Å². The predicted molar refractivity (Wildman–Crippen MR) is 434 cm³/mol. The van der Waals surface area contributed by atoms with Crippen molar-refractivity contribution in [2.75, 3.05) is 76.4 Å². The summed E-state index contributed by atoms with van der Waals surface area (Å²) in [5.74, 6) is 1.39. The van der Waals surface area contributed by atoms with E-state index in [1.54, 1.807) is 75.5 Å². The highest BCUT2D eigenvalue weighted by Crippen LogP contribution is 2.40. The van der Waals surface area contributed by atoms with Crippen molar-refractivity contribution in [2.24, 2.45) is 21.1 Å². The minimum atomic E-state index is -0.220. The summed E-state index contributed by atoms with van der Waals surface area (Å²) in [7, 11) is 11.9.